The van der Waals surface area contributed by atoms with Crippen LogP contribution in [0.25, 0.3) is 0 Å². The highest BCUT2D eigenvalue weighted by Crippen LogP contribution is 2.08. The number of aliphatic carboxylic acids is 2. The number of carbonyl (C=O) groups is 7. The lowest BCUT2D eigenvalue weighted by Gasteiger charge is -2.26. The molecule has 0 radical (unpaired) electrons. The lowest BCUT2D eigenvalue weighted by molar-refractivity contribution is -0.145. The van der Waals surface area contributed by atoms with Crippen molar-refractivity contribution in [3.8, 4) is 0 Å². The summed E-state index contributed by atoms with van der Waals surface area (Å²) < 4.78 is 0. The zero-order valence-corrected chi connectivity index (χ0v) is 28.2. The summed E-state index contributed by atoms with van der Waals surface area (Å²) in [6.45, 7) is 6.56. The number of aromatic nitrogens is 2. The van der Waals surface area contributed by atoms with Gasteiger partial charge in [-0.3, -0.25) is 28.8 Å². The second kappa shape index (κ2) is 21.4. The van der Waals surface area contributed by atoms with Crippen molar-refractivity contribution < 1.29 is 48.9 Å². The first-order chi connectivity index (χ1) is 23.0. The van der Waals surface area contributed by atoms with Crippen molar-refractivity contribution in [1.29, 1.82) is 0 Å². The molecule has 13 N–H and O–H groups in total. The number of hydrogen-bond acceptors (Lipinski definition) is 11. The number of rotatable bonds is 23. The molecule has 0 aliphatic heterocycles. The number of aliphatic hydroxyl groups is 1. The molecular formula is C30H51N9O10. The SMILES string of the molecule is CC(C)C[C@H](N)C(=O)N[C@@H](CCCCN)C(=O)N[C@@H](Cc1cnc[nH]1)C(=O)N[C@@H](C)C(=O)N[C@@H](CCC(=O)O)C(=O)N[C@H](C(=O)O)[C@@H](C)O. The second-order valence-corrected chi connectivity index (χ2v) is 12.2. The first-order valence-electron chi connectivity index (χ1n) is 16.0. The predicted molar refractivity (Wildman–Crippen MR) is 174 cm³/mol. The van der Waals surface area contributed by atoms with Crippen molar-refractivity contribution in [3.05, 3.63) is 18.2 Å². The fourth-order valence-corrected chi connectivity index (χ4v) is 4.61. The van der Waals surface area contributed by atoms with Gasteiger partial charge in [-0.1, -0.05) is 13.8 Å². The highest BCUT2D eigenvalue weighted by molar-refractivity contribution is 5.96. The molecule has 1 heterocycles. The molecule has 0 unspecified atom stereocenters. The predicted octanol–water partition coefficient (Wildman–Crippen LogP) is -2.77. The van der Waals surface area contributed by atoms with Gasteiger partial charge in [0.15, 0.2) is 6.04 Å². The summed E-state index contributed by atoms with van der Waals surface area (Å²) in [4.78, 5) is 95.0. The van der Waals surface area contributed by atoms with E-state index in [4.69, 9.17) is 16.6 Å². The van der Waals surface area contributed by atoms with E-state index in [0.717, 1.165) is 6.92 Å². The Balaban J connectivity index is 3.15. The van der Waals surface area contributed by atoms with Gasteiger partial charge in [0.05, 0.1) is 18.5 Å². The number of nitrogens with zero attached hydrogens (tertiary/aromatic N) is 1. The van der Waals surface area contributed by atoms with Crippen molar-refractivity contribution in [2.24, 2.45) is 17.4 Å². The van der Waals surface area contributed by atoms with Crippen LogP contribution in [0.5, 0.6) is 0 Å². The first kappa shape index (κ1) is 42.4. The van der Waals surface area contributed by atoms with Crippen LogP contribution in [0.15, 0.2) is 12.5 Å². The number of H-pyrrole nitrogens is 1. The van der Waals surface area contributed by atoms with Gasteiger partial charge in [-0.05, 0) is 58.4 Å². The number of amides is 5. The van der Waals surface area contributed by atoms with Crippen LogP contribution in [0.4, 0.5) is 0 Å². The zero-order chi connectivity index (χ0) is 37.3. The normalized spacial score (nSPS) is 15.4. The molecule has 0 fully saturated rings. The van der Waals surface area contributed by atoms with Gasteiger partial charge in [0.1, 0.15) is 24.2 Å². The number of carboxylic acids is 2. The summed E-state index contributed by atoms with van der Waals surface area (Å²) >= 11 is 0. The minimum absolute atomic E-state index is 0.0954. The molecular weight excluding hydrogens is 646 g/mol. The van der Waals surface area contributed by atoms with E-state index < -0.39 is 96.7 Å². The first-order valence-corrected chi connectivity index (χ1v) is 16.0. The minimum atomic E-state index is -1.74. The van der Waals surface area contributed by atoms with Crippen LogP contribution in [0.2, 0.25) is 0 Å². The third-order valence-electron chi connectivity index (χ3n) is 7.33. The smallest absolute Gasteiger partial charge is 0.328 e. The van der Waals surface area contributed by atoms with Gasteiger partial charge in [0.2, 0.25) is 29.5 Å². The highest BCUT2D eigenvalue weighted by Gasteiger charge is 2.33. The van der Waals surface area contributed by atoms with E-state index in [1.807, 2.05) is 13.8 Å². The second-order valence-electron chi connectivity index (χ2n) is 12.2. The molecule has 0 saturated carbocycles. The number of carboxylic acid groups (broad SMARTS) is 2. The van der Waals surface area contributed by atoms with Crippen molar-refractivity contribution in [2.45, 2.75) is 115 Å². The standard InChI is InChI=1S/C30H51N9O10/c1-15(2)11-19(32)26(44)37-20(7-5-6-10-31)27(45)38-22(12-18-13-33-14-34-18)29(47)35-16(3)25(43)36-21(8-9-23(41)42)28(46)39-24(17(4)40)30(48)49/h13-17,19-22,24,40H,5-12,31-32H2,1-4H3,(H,33,34)(H,35,47)(H,36,43)(H,37,44)(H,38,45)(H,39,46)(H,41,42)(H,48,49)/t16-,17+,19-,20-,21-,22-,24-/m0/s1. The molecule has 0 spiro atoms. The molecule has 0 bridgehead atoms. The van der Waals surface area contributed by atoms with E-state index in [2.05, 4.69) is 36.6 Å². The van der Waals surface area contributed by atoms with Crippen LogP contribution in [-0.4, -0.2) is 116 Å². The van der Waals surface area contributed by atoms with Crippen LogP contribution < -0.4 is 38.1 Å². The van der Waals surface area contributed by atoms with Gasteiger partial charge in [-0.25, -0.2) is 9.78 Å². The average Bonchev–Trinajstić information content (AvgIpc) is 3.53. The molecule has 1 aromatic heterocycles. The fraction of sp³-hybridized carbons (Fsp3) is 0.667. The Hall–Kier alpha value is -4.62. The average molecular weight is 698 g/mol. The summed E-state index contributed by atoms with van der Waals surface area (Å²) in [5, 5.41) is 40.2. The molecule has 19 heteroatoms. The van der Waals surface area contributed by atoms with Gasteiger partial charge in [0, 0.05) is 24.7 Å². The molecule has 19 nitrogen and oxygen atoms in total. The summed E-state index contributed by atoms with van der Waals surface area (Å²) in [6.07, 6.45) is 1.83. The molecule has 0 aliphatic rings. The Morgan fingerprint density at radius 1 is 0.796 bits per heavy atom. The molecule has 49 heavy (non-hydrogen) atoms. The number of hydrogen-bond donors (Lipinski definition) is 11. The van der Waals surface area contributed by atoms with Crippen LogP contribution >= 0.6 is 0 Å². The van der Waals surface area contributed by atoms with Gasteiger partial charge < -0.3 is 58.4 Å². The lowest BCUT2D eigenvalue weighted by atomic mass is 10.0. The summed E-state index contributed by atoms with van der Waals surface area (Å²) in [5.74, 6) is -6.77. The zero-order valence-electron chi connectivity index (χ0n) is 28.2. The number of aliphatic hydroxyl groups excluding tert-OH is 1. The third kappa shape index (κ3) is 15.9. The Morgan fingerprint density at radius 3 is 1.90 bits per heavy atom. The van der Waals surface area contributed by atoms with E-state index in [9.17, 15) is 43.8 Å². The van der Waals surface area contributed by atoms with Crippen LogP contribution in [0.3, 0.4) is 0 Å². The molecule has 0 aliphatic carbocycles. The number of unbranched alkanes of at least 4 members (excludes halogenated alkanes) is 1. The number of nitrogens with one attached hydrogen (secondary N) is 6. The summed E-state index contributed by atoms with van der Waals surface area (Å²) in [5.41, 5.74) is 12.1. The maximum Gasteiger partial charge on any atom is 0.328 e. The molecule has 0 aromatic carbocycles. The Morgan fingerprint density at radius 2 is 1.37 bits per heavy atom. The topological polar surface area (TPSA) is 321 Å². The van der Waals surface area contributed by atoms with Crippen molar-refractivity contribution in [2.75, 3.05) is 6.54 Å². The van der Waals surface area contributed by atoms with E-state index in [1.165, 1.54) is 19.4 Å². The molecule has 5 amide bonds. The Kier molecular flexibility index (Phi) is 18.5. The Bertz CT molecular complexity index is 1260. The monoisotopic (exact) mass is 697 g/mol. The van der Waals surface area contributed by atoms with Gasteiger partial charge >= 0.3 is 11.9 Å². The summed E-state index contributed by atoms with van der Waals surface area (Å²) in [6, 6.07) is -7.82. The van der Waals surface area contributed by atoms with Gasteiger partial charge in [0.25, 0.3) is 0 Å². The van der Waals surface area contributed by atoms with Gasteiger partial charge in [-0.15, -0.1) is 0 Å². The molecule has 0 saturated heterocycles. The molecule has 276 valence electrons. The van der Waals surface area contributed by atoms with Crippen LogP contribution in [0, 0.1) is 5.92 Å². The maximum atomic E-state index is 13.5. The van der Waals surface area contributed by atoms with Crippen LogP contribution in [0.1, 0.15) is 71.9 Å². The van der Waals surface area contributed by atoms with E-state index in [-0.39, 0.29) is 18.8 Å². The fourth-order valence-electron chi connectivity index (χ4n) is 4.61. The van der Waals surface area contributed by atoms with E-state index in [0.29, 0.717) is 31.5 Å². The maximum absolute atomic E-state index is 13.5. The largest absolute Gasteiger partial charge is 0.481 e. The van der Waals surface area contributed by atoms with Crippen molar-refractivity contribution in [3.63, 3.8) is 0 Å². The number of aromatic amines is 1. The molecule has 7 atom stereocenters. The van der Waals surface area contributed by atoms with Crippen LogP contribution in [-0.2, 0) is 40.0 Å². The van der Waals surface area contributed by atoms with Crippen molar-refractivity contribution >= 4 is 41.5 Å². The lowest BCUT2D eigenvalue weighted by Crippen LogP contribution is -2.59. The molecule has 1 rings (SSSR count). The molecule has 1 aromatic rings. The number of imidazole rings is 1. The minimum Gasteiger partial charge on any atom is -0.481 e. The highest BCUT2D eigenvalue weighted by atomic mass is 16.4. The van der Waals surface area contributed by atoms with E-state index >= 15 is 0 Å². The number of nitrogens with two attached hydrogens (primary N) is 2. The quantitative estimate of drug-likeness (QED) is 0.0517. The van der Waals surface area contributed by atoms with Crippen molar-refractivity contribution in [1.82, 2.24) is 36.6 Å². The van der Waals surface area contributed by atoms with E-state index in [1.54, 1.807) is 0 Å². The number of carbonyl (C=O) groups excluding carboxylic acids is 5. The Labute approximate surface area is 284 Å². The third-order valence-corrected chi connectivity index (χ3v) is 7.33. The van der Waals surface area contributed by atoms with Gasteiger partial charge in [-0.2, -0.15) is 0 Å². The summed E-state index contributed by atoms with van der Waals surface area (Å²) in [7, 11) is 0.